The number of fused-ring (bicyclic) bond motifs is 4. The van der Waals surface area contributed by atoms with Gasteiger partial charge in [0, 0.05) is 14.1 Å². The summed E-state index contributed by atoms with van der Waals surface area (Å²) in [7, 11) is 2.80. The van der Waals surface area contributed by atoms with Gasteiger partial charge in [-0.05, 0) is 30.2 Å². The number of phenols is 1. The fourth-order valence-electron chi connectivity index (χ4n) is 4.65. The Labute approximate surface area is 180 Å². The zero-order valence-corrected chi connectivity index (χ0v) is 17.8. The van der Waals surface area contributed by atoms with Gasteiger partial charge in [-0.3, -0.25) is 0 Å². The predicted molar refractivity (Wildman–Crippen MR) is 112 cm³/mol. The summed E-state index contributed by atoms with van der Waals surface area (Å²) in [5.74, 6) is 0.196. The Balaban J connectivity index is 1.80. The van der Waals surface area contributed by atoms with Crippen LogP contribution in [-0.4, -0.2) is 39.6 Å². The standard InChI is InChI=1S/C20H22N6O6/c1-4-32-15-9-11(5-6-14(15)27)16-12-7-8-23-17(28)21(2)19(30)25(23)13(12)10-24-18(29)22(3)20(31)26(16)24/h5-7,9,13,16,27H,4,8,10H2,1-3H3/t13-,16+/m1/s1. The highest BCUT2D eigenvalue weighted by atomic mass is 16.5. The Bertz CT molecular complexity index is 1520. The Morgan fingerprint density at radius 2 is 1.62 bits per heavy atom. The Hall–Kier alpha value is -3.96. The molecule has 2 atom stereocenters. The van der Waals surface area contributed by atoms with Gasteiger partial charge < -0.3 is 9.84 Å². The maximum absolute atomic E-state index is 13.0. The highest BCUT2D eigenvalue weighted by Gasteiger charge is 2.40. The summed E-state index contributed by atoms with van der Waals surface area (Å²) in [5, 5.41) is 10.1. The summed E-state index contributed by atoms with van der Waals surface area (Å²) in [6.45, 7) is 2.29. The second-order valence-electron chi connectivity index (χ2n) is 7.88. The number of nitrogens with zero attached hydrogens (tertiary/aromatic N) is 6. The minimum absolute atomic E-state index is 0.0248. The predicted octanol–water partition coefficient (Wildman–Crippen LogP) is -1.10. The van der Waals surface area contributed by atoms with Crippen molar-refractivity contribution in [1.29, 1.82) is 0 Å². The second-order valence-corrected chi connectivity index (χ2v) is 7.88. The SMILES string of the molecule is CCOc1cc([C@H]2C3=CCn4c(=O)n(C)c(=O)n4[C@@H]3Cn3c(=O)n(C)c(=O)n32)ccc1O. The van der Waals surface area contributed by atoms with Crippen molar-refractivity contribution >= 4 is 0 Å². The quantitative estimate of drug-likeness (QED) is 0.513. The van der Waals surface area contributed by atoms with Gasteiger partial charge in [0.1, 0.15) is 6.04 Å². The number of benzene rings is 1. The van der Waals surface area contributed by atoms with Gasteiger partial charge in [-0.15, -0.1) is 0 Å². The molecule has 0 bridgehead atoms. The number of ether oxygens (including phenoxy) is 1. The van der Waals surface area contributed by atoms with E-state index in [9.17, 15) is 24.3 Å². The Morgan fingerprint density at radius 1 is 0.969 bits per heavy atom. The van der Waals surface area contributed by atoms with Crippen LogP contribution in [-0.2, 0) is 27.2 Å². The van der Waals surface area contributed by atoms with Crippen molar-refractivity contribution in [2.45, 2.75) is 32.1 Å². The lowest BCUT2D eigenvalue weighted by Gasteiger charge is -2.37. The van der Waals surface area contributed by atoms with E-state index in [0.717, 1.165) is 9.13 Å². The van der Waals surface area contributed by atoms with Crippen molar-refractivity contribution in [3.05, 3.63) is 77.3 Å². The van der Waals surface area contributed by atoms with E-state index in [1.165, 1.54) is 38.9 Å². The molecule has 168 valence electrons. The van der Waals surface area contributed by atoms with Gasteiger partial charge in [0.15, 0.2) is 11.5 Å². The molecule has 1 N–H and O–H groups in total. The van der Waals surface area contributed by atoms with Crippen LogP contribution < -0.4 is 27.5 Å². The van der Waals surface area contributed by atoms with Crippen LogP contribution in [0.3, 0.4) is 0 Å². The molecule has 5 rings (SSSR count). The highest BCUT2D eigenvalue weighted by molar-refractivity contribution is 5.45. The smallest absolute Gasteiger partial charge is 0.347 e. The minimum atomic E-state index is -0.731. The molecule has 0 aliphatic carbocycles. The van der Waals surface area contributed by atoms with Crippen LogP contribution in [0.2, 0.25) is 0 Å². The number of phenolic OH excluding ortho intramolecular Hbond substituents is 1. The summed E-state index contributed by atoms with van der Waals surface area (Å²) >= 11 is 0. The van der Waals surface area contributed by atoms with Crippen molar-refractivity contribution in [1.82, 2.24) is 27.9 Å². The molecule has 0 saturated heterocycles. The van der Waals surface area contributed by atoms with Crippen molar-refractivity contribution in [3.63, 3.8) is 0 Å². The average Bonchev–Trinajstić information content (AvgIpc) is 3.14. The number of hydrogen-bond acceptors (Lipinski definition) is 6. The summed E-state index contributed by atoms with van der Waals surface area (Å²) in [4.78, 5) is 51.2. The van der Waals surface area contributed by atoms with Crippen molar-refractivity contribution in [3.8, 4) is 11.5 Å². The van der Waals surface area contributed by atoms with Crippen LogP contribution >= 0.6 is 0 Å². The molecule has 0 unspecified atom stereocenters. The molecule has 2 aromatic heterocycles. The Morgan fingerprint density at radius 3 is 2.31 bits per heavy atom. The lowest BCUT2D eigenvalue weighted by atomic mass is 9.90. The maximum Gasteiger partial charge on any atom is 0.347 e. The summed E-state index contributed by atoms with van der Waals surface area (Å²) in [6, 6.07) is 3.37. The maximum atomic E-state index is 13.0. The third kappa shape index (κ3) is 2.49. The van der Waals surface area contributed by atoms with Gasteiger partial charge in [0.05, 0.1) is 25.7 Å². The van der Waals surface area contributed by atoms with E-state index in [2.05, 4.69) is 0 Å². The number of hydrogen-bond donors (Lipinski definition) is 1. The van der Waals surface area contributed by atoms with E-state index in [4.69, 9.17) is 4.74 Å². The van der Waals surface area contributed by atoms with Gasteiger partial charge >= 0.3 is 22.8 Å². The fraction of sp³-hybridized carbons (Fsp3) is 0.400. The van der Waals surface area contributed by atoms with Crippen molar-refractivity contribution < 1.29 is 9.84 Å². The lowest BCUT2D eigenvalue weighted by molar-refractivity contribution is 0.245. The van der Waals surface area contributed by atoms with Gasteiger partial charge in [0.2, 0.25) is 0 Å². The molecule has 0 radical (unpaired) electrons. The van der Waals surface area contributed by atoms with Gasteiger partial charge in [0.25, 0.3) is 0 Å². The third-order valence-electron chi connectivity index (χ3n) is 6.19. The molecule has 0 fully saturated rings. The van der Waals surface area contributed by atoms with E-state index < -0.39 is 34.8 Å². The van der Waals surface area contributed by atoms with Crippen LogP contribution in [0.25, 0.3) is 0 Å². The van der Waals surface area contributed by atoms with E-state index in [1.807, 2.05) is 6.08 Å². The van der Waals surface area contributed by atoms with Crippen LogP contribution in [0.1, 0.15) is 24.6 Å². The molecule has 0 amide bonds. The topological polar surface area (TPSA) is 127 Å². The number of allylic oxidation sites excluding steroid dienone is 2. The van der Waals surface area contributed by atoms with Crippen LogP contribution in [0.5, 0.6) is 11.5 Å². The summed E-state index contributed by atoms with van der Waals surface area (Å²) < 4.78 is 12.9. The first-order valence-corrected chi connectivity index (χ1v) is 10.2. The molecule has 0 spiro atoms. The first kappa shape index (κ1) is 20.0. The first-order chi connectivity index (χ1) is 15.3. The van der Waals surface area contributed by atoms with E-state index in [-0.39, 0.29) is 24.6 Å². The molecular weight excluding hydrogens is 420 g/mol. The van der Waals surface area contributed by atoms with Crippen molar-refractivity contribution in [2.75, 3.05) is 6.61 Å². The molecule has 0 saturated carbocycles. The van der Waals surface area contributed by atoms with Crippen LogP contribution in [0, 0.1) is 0 Å². The van der Waals surface area contributed by atoms with E-state index >= 15 is 0 Å². The van der Waals surface area contributed by atoms with Gasteiger partial charge in [-0.25, -0.2) is 47.0 Å². The minimum Gasteiger partial charge on any atom is -0.504 e. The molecule has 4 heterocycles. The van der Waals surface area contributed by atoms with Gasteiger partial charge in [-0.2, -0.15) is 0 Å². The zero-order valence-electron chi connectivity index (χ0n) is 17.8. The van der Waals surface area contributed by atoms with E-state index in [0.29, 0.717) is 17.7 Å². The third-order valence-corrected chi connectivity index (χ3v) is 6.19. The number of aromatic hydroxyl groups is 1. The molecule has 12 heteroatoms. The van der Waals surface area contributed by atoms with Crippen LogP contribution in [0.4, 0.5) is 0 Å². The summed E-state index contributed by atoms with van der Waals surface area (Å²) in [6.07, 6.45) is 1.82. The summed E-state index contributed by atoms with van der Waals surface area (Å²) in [5.41, 5.74) is -0.666. The van der Waals surface area contributed by atoms with Crippen LogP contribution in [0.15, 0.2) is 49.0 Å². The molecule has 1 aromatic carbocycles. The molecule has 2 aliphatic rings. The largest absolute Gasteiger partial charge is 0.504 e. The fourth-order valence-corrected chi connectivity index (χ4v) is 4.65. The Kier molecular flexibility index (Phi) is 4.23. The molecule has 3 aromatic rings. The number of aromatic nitrogens is 6. The lowest BCUT2D eigenvalue weighted by Crippen LogP contribution is -2.46. The average molecular weight is 442 g/mol. The monoisotopic (exact) mass is 442 g/mol. The molecule has 12 nitrogen and oxygen atoms in total. The number of rotatable bonds is 3. The van der Waals surface area contributed by atoms with Crippen molar-refractivity contribution in [2.24, 2.45) is 14.1 Å². The highest BCUT2D eigenvalue weighted by Crippen LogP contribution is 2.40. The molecular formula is C20H22N6O6. The zero-order chi connectivity index (χ0) is 22.9. The van der Waals surface area contributed by atoms with Gasteiger partial charge in [-0.1, -0.05) is 12.1 Å². The first-order valence-electron chi connectivity index (χ1n) is 10.2. The van der Waals surface area contributed by atoms with E-state index in [1.54, 1.807) is 19.1 Å². The molecule has 2 aliphatic heterocycles. The normalized spacial score (nSPS) is 19.2. The second kappa shape index (κ2) is 6.77. The molecule has 32 heavy (non-hydrogen) atoms.